The topological polar surface area (TPSA) is 40.5 Å². The molecule has 0 heterocycles. The van der Waals surface area contributed by atoms with Crippen molar-refractivity contribution in [2.45, 2.75) is 52.4 Å². The first kappa shape index (κ1) is 16.4. The Morgan fingerprint density at radius 1 is 0.773 bits per heavy atom. The number of unbranched alkanes of at least 4 members (excludes halogenated alkanes) is 2. The van der Waals surface area contributed by atoms with Gasteiger partial charge in [0.1, 0.15) is 11.5 Å². The molecule has 2 heteroatoms. The highest BCUT2D eigenvalue weighted by atomic mass is 16.3. The SMILES string of the molecule is CCCCc1cc(O)ccc1-c1cccc(CCCC)c1O. The molecule has 0 aliphatic carbocycles. The van der Waals surface area contributed by atoms with E-state index >= 15 is 0 Å². The van der Waals surface area contributed by atoms with E-state index in [-0.39, 0.29) is 5.75 Å². The largest absolute Gasteiger partial charge is 0.508 e. The molecule has 0 spiro atoms. The zero-order valence-corrected chi connectivity index (χ0v) is 13.6. The Labute approximate surface area is 133 Å². The van der Waals surface area contributed by atoms with Gasteiger partial charge in [-0.2, -0.15) is 0 Å². The van der Waals surface area contributed by atoms with Crippen molar-refractivity contribution < 1.29 is 10.2 Å². The zero-order chi connectivity index (χ0) is 15.9. The van der Waals surface area contributed by atoms with Gasteiger partial charge in [0.25, 0.3) is 0 Å². The molecule has 2 nitrogen and oxygen atoms in total. The standard InChI is InChI=1S/C20H26O2/c1-3-5-8-15-10-7-11-19(20(15)22)18-13-12-17(21)14-16(18)9-6-4-2/h7,10-14,21-22H,3-6,8-9H2,1-2H3. The zero-order valence-electron chi connectivity index (χ0n) is 13.6. The number of aromatic hydroxyl groups is 2. The molecule has 0 aliphatic rings. The van der Waals surface area contributed by atoms with E-state index in [4.69, 9.17) is 0 Å². The van der Waals surface area contributed by atoms with Crippen LogP contribution in [0.3, 0.4) is 0 Å². The van der Waals surface area contributed by atoms with Crippen molar-refractivity contribution in [1.82, 2.24) is 0 Å². The van der Waals surface area contributed by atoms with Gasteiger partial charge in [0.05, 0.1) is 0 Å². The van der Waals surface area contributed by atoms with Gasteiger partial charge in [-0.25, -0.2) is 0 Å². The van der Waals surface area contributed by atoms with Gasteiger partial charge in [0.2, 0.25) is 0 Å². The molecular weight excluding hydrogens is 272 g/mol. The van der Waals surface area contributed by atoms with E-state index in [2.05, 4.69) is 13.8 Å². The van der Waals surface area contributed by atoms with Gasteiger partial charge in [0.15, 0.2) is 0 Å². The molecule has 0 amide bonds. The van der Waals surface area contributed by atoms with Crippen LogP contribution in [0.4, 0.5) is 0 Å². The van der Waals surface area contributed by atoms with Crippen LogP contribution in [0.2, 0.25) is 0 Å². The summed E-state index contributed by atoms with van der Waals surface area (Å²) >= 11 is 0. The molecule has 0 bridgehead atoms. The van der Waals surface area contributed by atoms with E-state index in [0.717, 1.165) is 60.8 Å². The Hall–Kier alpha value is -1.96. The second kappa shape index (κ2) is 7.88. The summed E-state index contributed by atoms with van der Waals surface area (Å²) in [5, 5.41) is 20.4. The average Bonchev–Trinajstić information content (AvgIpc) is 2.52. The Balaban J connectivity index is 2.42. The lowest BCUT2D eigenvalue weighted by Gasteiger charge is -2.14. The van der Waals surface area contributed by atoms with Crippen LogP contribution in [-0.2, 0) is 12.8 Å². The first-order valence-corrected chi connectivity index (χ1v) is 8.30. The van der Waals surface area contributed by atoms with Crippen molar-refractivity contribution in [2.75, 3.05) is 0 Å². The summed E-state index contributed by atoms with van der Waals surface area (Å²) < 4.78 is 0. The number of para-hydroxylation sites is 1. The minimum atomic E-state index is 0.288. The molecule has 0 unspecified atom stereocenters. The molecule has 2 aromatic carbocycles. The molecule has 0 aliphatic heterocycles. The van der Waals surface area contributed by atoms with E-state index < -0.39 is 0 Å². The van der Waals surface area contributed by atoms with Crippen molar-refractivity contribution in [3.8, 4) is 22.6 Å². The lowest BCUT2D eigenvalue weighted by molar-refractivity contribution is 0.468. The molecule has 0 fully saturated rings. The van der Waals surface area contributed by atoms with Crippen LogP contribution in [0.25, 0.3) is 11.1 Å². The van der Waals surface area contributed by atoms with Crippen molar-refractivity contribution in [1.29, 1.82) is 0 Å². The fraction of sp³-hybridized carbons (Fsp3) is 0.400. The van der Waals surface area contributed by atoms with Gasteiger partial charge >= 0.3 is 0 Å². The summed E-state index contributed by atoms with van der Waals surface area (Å²) in [5.41, 5.74) is 4.01. The Kier molecular flexibility index (Phi) is 5.88. The molecule has 0 atom stereocenters. The summed E-state index contributed by atoms with van der Waals surface area (Å²) in [7, 11) is 0. The fourth-order valence-electron chi connectivity index (χ4n) is 2.79. The Morgan fingerprint density at radius 3 is 2.14 bits per heavy atom. The number of aryl methyl sites for hydroxylation is 2. The van der Waals surface area contributed by atoms with Gasteiger partial charge in [-0.15, -0.1) is 0 Å². The van der Waals surface area contributed by atoms with Gasteiger partial charge in [0, 0.05) is 5.56 Å². The van der Waals surface area contributed by atoms with Crippen LogP contribution in [0, 0.1) is 0 Å². The molecule has 0 saturated heterocycles. The van der Waals surface area contributed by atoms with E-state index in [0.29, 0.717) is 5.75 Å². The monoisotopic (exact) mass is 298 g/mol. The summed E-state index contributed by atoms with van der Waals surface area (Å²) in [6.07, 6.45) is 6.20. The fourth-order valence-corrected chi connectivity index (χ4v) is 2.79. The van der Waals surface area contributed by atoms with Crippen LogP contribution in [0.15, 0.2) is 36.4 Å². The van der Waals surface area contributed by atoms with Crippen molar-refractivity contribution in [2.24, 2.45) is 0 Å². The van der Waals surface area contributed by atoms with Crippen LogP contribution in [-0.4, -0.2) is 10.2 Å². The molecule has 0 saturated carbocycles. The molecular formula is C20H26O2. The smallest absolute Gasteiger partial charge is 0.126 e. The van der Waals surface area contributed by atoms with Crippen LogP contribution < -0.4 is 0 Å². The predicted octanol–water partition coefficient (Wildman–Crippen LogP) is 5.45. The highest BCUT2D eigenvalue weighted by Gasteiger charge is 2.12. The van der Waals surface area contributed by atoms with E-state index in [9.17, 15) is 10.2 Å². The number of hydrogen-bond acceptors (Lipinski definition) is 2. The predicted molar refractivity (Wildman–Crippen MR) is 92.4 cm³/mol. The van der Waals surface area contributed by atoms with E-state index in [1.54, 1.807) is 6.07 Å². The van der Waals surface area contributed by atoms with Crippen LogP contribution in [0.1, 0.15) is 50.7 Å². The maximum Gasteiger partial charge on any atom is 0.126 e. The van der Waals surface area contributed by atoms with E-state index in [1.807, 2.05) is 30.3 Å². The second-order valence-corrected chi connectivity index (χ2v) is 5.86. The number of rotatable bonds is 7. The van der Waals surface area contributed by atoms with Crippen LogP contribution in [0.5, 0.6) is 11.5 Å². The third-order valence-corrected chi connectivity index (χ3v) is 4.10. The lowest BCUT2D eigenvalue weighted by atomic mass is 9.93. The molecule has 22 heavy (non-hydrogen) atoms. The molecule has 118 valence electrons. The summed E-state index contributed by atoms with van der Waals surface area (Å²) in [6.45, 7) is 4.31. The van der Waals surface area contributed by atoms with Gasteiger partial charge in [-0.1, -0.05) is 51.0 Å². The number of phenols is 2. The summed E-state index contributed by atoms with van der Waals surface area (Å²) in [5.74, 6) is 0.677. The molecule has 0 aromatic heterocycles. The normalized spacial score (nSPS) is 10.8. The van der Waals surface area contributed by atoms with Gasteiger partial charge in [-0.3, -0.25) is 0 Å². The maximum atomic E-state index is 10.6. The lowest BCUT2D eigenvalue weighted by Crippen LogP contribution is -1.93. The highest BCUT2D eigenvalue weighted by Crippen LogP contribution is 2.36. The number of hydrogen-bond donors (Lipinski definition) is 2. The summed E-state index contributed by atoms with van der Waals surface area (Å²) in [4.78, 5) is 0. The molecule has 2 N–H and O–H groups in total. The summed E-state index contributed by atoms with van der Waals surface area (Å²) in [6, 6.07) is 11.4. The van der Waals surface area contributed by atoms with E-state index in [1.165, 1.54) is 0 Å². The van der Waals surface area contributed by atoms with Crippen molar-refractivity contribution in [3.63, 3.8) is 0 Å². The Morgan fingerprint density at radius 2 is 1.45 bits per heavy atom. The average molecular weight is 298 g/mol. The second-order valence-electron chi connectivity index (χ2n) is 5.86. The molecule has 2 aromatic rings. The third kappa shape index (κ3) is 3.82. The number of benzene rings is 2. The Bertz CT molecular complexity index is 617. The number of phenolic OH excluding ortho intramolecular Hbond substituents is 2. The quantitative estimate of drug-likeness (QED) is 0.713. The highest BCUT2D eigenvalue weighted by molar-refractivity contribution is 5.75. The maximum absolute atomic E-state index is 10.6. The molecule has 0 radical (unpaired) electrons. The first-order chi connectivity index (χ1) is 10.7. The van der Waals surface area contributed by atoms with Crippen molar-refractivity contribution >= 4 is 0 Å². The van der Waals surface area contributed by atoms with Gasteiger partial charge < -0.3 is 10.2 Å². The van der Waals surface area contributed by atoms with Crippen LogP contribution >= 0.6 is 0 Å². The first-order valence-electron chi connectivity index (χ1n) is 8.30. The third-order valence-electron chi connectivity index (χ3n) is 4.10. The van der Waals surface area contributed by atoms with Gasteiger partial charge in [-0.05, 0) is 54.5 Å². The molecule has 2 rings (SSSR count). The van der Waals surface area contributed by atoms with Crippen molar-refractivity contribution in [3.05, 3.63) is 47.5 Å². The minimum Gasteiger partial charge on any atom is -0.508 e. The minimum absolute atomic E-state index is 0.288.